The fourth-order valence-corrected chi connectivity index (χ4v) is 3.67. The quantitative estimate of drug-likeness (QED) is 0.145. The van der Waals surface area contributed by atoms with Gasteiger partial charge in [0.25, 0.3) is 0 Å². The molecular formula is C23H32F7NOSi. The Morgan fingerprint density at radius 1 is 1.03 bits per heavy atom. The molecule has 10 heteroatoms. The molecule has 0 spiro atoms. The topological polar surface area (TPSA) is 21.3 Å². The van der Waals surface area contributed by atoms with Crippen LogP contribution >= 0.6 is 0 Å². The number of alkyl halides is 7. The van der Waals surface area contributed by atoms with Crippen LogP contribution in [0.2, 0.25) is 18.1 Å². The lowest BCUT2D eigenvalue weighted by Crippen LogP contribution is -2.51. The largest absolute Gasteiger partial charge is 0.545 e. The molecule has 0 aliphatic rings. The van der Waals surface area contributed by atoms with Gasteiger partial charge in [-0.3, -0.25) is 0 Å². The van der Waals surface area contributed by atoms with Crippen molar-refractivity contribution < 1.29 is 35.2 Å². The molecule has 2 nitrogen and oxygen atoms in total. The summed E-state index contributed by atoms with van der Waals surface area (Å²) in [7, 11) is -2.49. The smallest absolute Gasteiger partial charge is 0.459 e. The zero-order chi connectivity index (χ0) is 25.7. The van der Waals surface area contributed by atoms with E-state index in [2.05, 4.69) is 11.9 Å². The molecular weight excluding hydrogens is 467 g/mol. The maximum atomic E-state index is 13.8. The van der Waals surface area contributed by atoms with E-state index in [4.69, 9.17) is 4.43 Å². The Labute approximate surface area is 192 Å². The molecule has 1 N–H and O–H groups in total. The van der Waals surface area contributed by atoms with Gasteiger partial charge in [0.05, 0.1) is 11.8 Å². The molecule has 1 atom stereocenters. The van der Waals surface area contributed by atoms with Crippen LogP contribution in [0.25, 0.3) is 0 Å². The van der Waals surface area contributed by atoms with Gasteiger partial charge in [0.15, 0.2) is 0 Å². The molecule has 0 radical (unpaired) electrons. The second kappa shape index (κ2) is 10.6. The van der Waals surface area contributed by atoms with Crippen molar-refractivity contribution in [1.29, 1.82) is 0 Å². The van der Waals surface area contributed by atoms with Crippen molar-refractivity contribution in [2.45, 2.75) is 82.4 Å². The SMILES string of the molecule is C=C[C@H](NCc1ccccc1)/C(=C/CCC(F)(F)C(F)(F)C(F)(F)F)O[Si](C)(C)C(C)(C)C. The number of nitrogens with one attached hydrogen (secondary N) is 1. The van der Waals surface area contributed by atoms with Gasteiger partial charge in [0.2, 0.25) is 8.32 Å². The first-order valence-electron chi connectivity index (χ1n) is 10.5. The third kappa shape index (κ3) is 7.60. The van der Waals surface area contributed by atoms with Crippen molar-refractivity contribution >= 4 is 8.32 Å². The van der Waals surface area contributed by atoms with Gasteiger partial charge in [-0.1, -0.05) is 57.2 Å². The molecule has 0 aliphatic heterocycles. The summed E-state index contributed by atoms with van der Waals surface area (Å²) in [5, 5.41) is 2.88. The molecule has 0 unspecified atom stereocenters. The third-order valence-corrected chi connectivity index (χ3v) is 10.1. The lowest BCUT2D eigenvalue weighted by atomic mass is 10.0. The minimum atomic E-state index is -6.35. The predicted molar refractivity (Wildman–Crippen MR) is 119 cm³/mol. The highest BCUT2D eigenvalue weighted by Gasteiger charge is 2.72. The van der Waals surface area contributed by atoms with Crippen molar-refractivity contribution in [3.05, 3.63) is 60.4 Å². The van der Waals surface area contributed by atoms with Crippen LogP contribution in [-0.2, 0) is 11.0 Å². The Morgan fingerprint density at radius 2 is 1.58 bits per heavy atom. The van der Waals surface area contributed by atoms with E-state index in [1.165, 1.54) is 6.08 Å². The Morgan fingerprint density at radius 3 is 2.03 bits per heavy atom. The summed E-state index contributed by atoms with van der Waals surface area (Å²) in [5.41, 5.74) is 0.923. The maximum Gasteiger partial charge on any atom is 0.459 e. The molecule has 0 saturated carbocycles. The number of hydrogen-bond acceptors (Lipinski definition) is 2. The fourth-order valence-electron chi connectivity index (χ4n) is 2.56. The summed E-state index contributed by atoms with van der Waals surface area (Å²) < 4.78 is 97.5. The first kappa shape index (κ1) is 29.2. The van der Waals surface area contributed by atoms with E-state index in [0.717, 1.165) is 11.6 Å². The van der Waals surface area contributed by atoms with E-state index in [1.807, 2.05) is 64.2 Å². The van der Waals surface area contributed by atoms with Crippen LogP contribution in [0.1, 0.15) is 39.2 Å². The molecule has 0 aromatic heterocycles. The first-order valence-corrected chi connectivity index (χ1v) is 13.4. The molecule has 1 aromatic carbocycles. The normalized spacial score (nSPS) is 15.3. The highest BCUT2D eigenvalue weighted by molar-refractivity contribution is 6.74. The van der Waals surface area contributed by atoms with Gasteiger partial charge >= 0.3 is 18.0 Å². The Bertz CT molecular complexity index is 799. The van der Waals surface area contributed by atoms with Crippen molar-refractivity contribution in [3.63, 3.8) is 0 Å². The predicted octanol–water partition coefficient (Wildman–Crippen LogP) is 7.85. The number of rotatable bonds is 11. The highest BCUT2D eigenvalue weighted by Crippen LogP contribution is 2.48. The van der Waals surface area contributed by atoms with Crippen LogP contribution in [0, 0.1) is 0 Å². The molecule has 33 heavy (non-hydrogen) atoms. The second-order valence-corrected chi connectivity index (χ2v) is 14.1. The van der Waals surface area contributed by atoms with Gasteiger partial charge in [-0.05, 0) is 36.2 Å². The monoisotopic (exact) mass is 499 g/mol. The zero-order valence-corrected chi connectivity index (χ0v) is 20.5. The minimum absolute atomic E-state index is 0.179. The van der Waals surface area contributed by atoms with Crippen molar-refractivity contribution in [1.82, 2.24) is 5.32 Å². The number of allylic oxidation sites excluding steroid dienone is 1. The van der Waals surface area contributed by atoms with Crippen molar-refractivity contribution in [2.24, 2.45) is 0 Å². The molecule has 1 aromatic rings. The second-order valence-electron chi connectivity index (χ2n) is 9.36. The first-order chi connectivity index (χ1) is 14.9. The zero-order valence-electron chi connectivity index (χ0n) is 19.5. The lowest BCUT2D eigenvalue weighted by molar-refractivity contribution is -0.355. The molecule has 0 fully saturated rings. The minimum Gasteiger partial charge on any atom is -0.545 e. The van der Waals surface area contributed by atoms with Gasteiger partial charge in [-0.2, -0.15) is 30.7 Å². The van der Waals surface area contributed by atoms with Crippen LogP contribution < -0.4 is 5.32 Å². The van der Waals surface area contributed by atoms with E-state index >= 15 is 0 Å². The van der Waals surface area contributed by atoms with E-state index in [0.29, 0.717) is 6.54 Å². The average molecular weight is 500 g/mol. The van der Waals surface area contributed by atoms with E-state index < -0.39 is 45.2 Å². The molecule has 0 heterocycles. The molecule has 0 saturated heterocycles. The Kier molecular flexibility index (Phi) is 9.41. The van der Waals surface area contributed by atoms with Gasteiger partial charge in [-0.25, -0.2) is 0 Å². The van der Waals surface area contributed by atoms with Gasteiger partial charge in [0.1, 0.15) is 0 Å². The summed E-state index contributed by atoms with van der Waals surface area (Å²) in [6.07, 6.45) is -6.14. The summed E-state index contributed by atoms with van der Waals surface area (Å²) >= 11 is 0. The molecule has 0 amide bonds. The summed E-state index contributed by atoms with van der Waals surface area (Å²) in [6.45, 7) is 13.8. The summed E-state index contributed by atoms with van der Waals surface area (Å²) in [4.78, 5) is 0. The van der Waals surface area contributed by atoms with Crippen LogP contribution in [0.4, 0.5) is 30.7 Å². The number of hydrogen-bond donors (Lipinski definition) is 1. The molecule has 0 aliphatic carbocycles. The maximum absolute atomic E-state index is 13.8. The van der Waals surface area contributed by atoms with Crippen LogP contribution in [0.3, 0.4) is 0 Å². The van der Waals surface area contributed by atoms with E-state index in [-0.39, 0.29) is 10.8 Å². The van der Waals surface area contributed by atoms with Gasteiger partial charge in [-0.15, -0.1) is 6.58 Å². The van der Waals surface area contributed by atoms with E-state index in [1.54, 1.807) is 0 Å². The standard InChI is InChI=1S/C23H32F7NOSi/c1-7-18(31-16-17-12-9-8-10-13-17)19(32-33(5,6)20(2,3)4)14-11-15-21(24,25)22(26,27)23(28,29)30/h7-10,12-14,18,31H,1,11,15-16H2,2-6H3/b19-14-/t18-/m0/s1. The van der Waals surface area contributed by atoms with Crippen molar-refractivity contribution in [3.8, 4) is 0 Å². The number of benzene rings is 1. The highest BCUT2D eigenvalue weighted by atomic mass is 28.4. The fraction of sp³-hybridized carbons (Fsp3) is 0.565. The van der Waals surface area contributed by atoms with Crippen molar-refractivity contribution in [2.75, 3.05) is 0 Å². The Hall–Kier alpha value is -1.81. The molecule has 188 valence electrons. The van der Waals surface area contributed by atoms with Gasteiger partial charge in [0, 0.05) is 13.0 Å². The summed E-state index contributed by atoms with van der Waals surface area (Å²) in [5.74, 6) is -11.2. The Balaban J connectivity index is 3.15. The van der Waals surface area contributed by atoms with Crippen LogP contribution in [0.5, 0.6) is 0 Å². The summed E-state index contributed by atoms with van der Waals surface area (Å²) in [6, 6.07) is 8.60. The van der Waals surface area contributed by atoms with Crippen LogP contribution in [0.15, 0.2) is 54.8 Å². The molecule has 0 bridgehead atoms. The molecule has 1 rings (SSSR count). The van der Waals surface area contributed by atoms with Gasteiger partial charge < -0.3 is 9.74 Å². The lowest BCUT2D eigenvalue weighted by Gasteiger charge is -2.39. The average Bonchev–Trinajstić information content (AvgIpc) is 2.66. The van der Waals surface area contributed by atoms with E-state index in [9.17, 15) is 30.7 Å². The van der Waals surface area contributed by atoms with Crippen LogP contribution in [-0.4, -0.2) is 32.4 Å². The number of halogens is 7. The third-order valence-electron chi connectivity index (χ3n) is 5.71.